The molecule has 9 nitrogen and oxygen atoms in total. The Morgan fingerprint density at radius 3 is 2.58 bits per heavy atom. The molecule has 0 aliphatic heterocycles. The van der Waals surface area contributed by atoms with Gasteiger partial charge in [-0.3, -0.25) is 4.79 Å². The van der Waals surface area contributed by atoms with Crippen LogP contribution >= 0.6 is 11.6 Å². The molecule has 3 heterocycles. The predicted molar refractivity (Wildman–Crippen MR) is 138 cm³/mol. The number of aromatic amines is 1. The van der Waals surface area contributed by atoms with Gasteiger partial charge < -0.3 is 24.7 Å². The number of aryl methyl sites for hydroxylation is 3. The first-order valence-electron chi connectivity index (χ1n) is 11.3. The van der Waals surface area contributed by atoms with Gasteiger partial charge in [-0.2, -0.15) is 0 Å². The van der Waals surface area contributed by atoms with Crippen LogP contribution in [0.5, 0.6) is 5.75 Å². The first-order chi connectivity index (χ1) is 17.2. The first-order valence-corrected chi connectivity index (χ1v) is 11.7. The van der Waals surface area contributed by atoms with Gasteiger partial charge >= 0.3 is 5.97 Å². The van der Waals surface area contributed by atoms with E-state index in [0.29, 0.717) is 33.8 Å². The normalized spacial score (nSPS) is 12.2. The van der Waals surface area contributed by atoms with Crippen molar-refractivity contribution < 1.29 is 19.2 Å². The minimum absolute atomic E-state index is 0.145. The maximum Gasteiger partial charge on any atom is 0.305 e. The SMILES string of the molecule is COc1cc2c(cc1-c1c(C)noc1C)[nH]c1nc(C)nc(NC(CC(=O)O)c3ccc(Cl)cc3)c12. The van der Waals surface area contributed by atoms with E-state index in [1.54, 1.807) is 26.2 Å². The number of aromatic nitrogens is 4. The minimum Gasteiger partial charge on any atom is -0.496 e. The van der Waals surface area contributed by atoms with Crippen molar-refractivity contribution >= 4 is 45.3 Å². The molecule has 0 saturated heterocycles. The number of fused-ring (bicyclic) bond motifs is 3. The fraction of sp³-hybridized carbons (Fsp3) is 0.231. The van der Waals surface area contributed by atoms with Gasteiger partial charge in [-0.25, -0.2) is 9.97 Å². The number of carboxylic acid groups (broad SMARTS) is 1. The van der Waals surface area contributed by atoms with Gasteiger partial charge in [-0.1, -0.05) is 28.9 Å². The Kier molecular flexibility index (Phi) is 6.01. The number of rotatable bonds is 7. The molecule has 0 radical (unpaired) electrons. The van der Waals surface area contributed by atoms with Crippen molar-refractivity contribution in [1.29, 1.82) is 0 Å². The lowest BCUT2D eigenvalue weighted by Crippen LogP contribution is -2.16. The van der Waals surface area contributed by atoms with Gasteiger partial charge in [0.1, 0.15) is 28.8 Å². The van der Waals surface area contributed by atoms with Crippen molar-refractivity contribution in [3.63, 3.8) is 0 Å². The van der Waals surface area contributed by atoms with E-state index in [9.17, 15) is 9.90 Å². The average Bonchev–Trinajstić information content (AvgIpc) is 3.35. The summed E-state index contributed by atoms with van der Waals surface area (Å²) in [5.41, 5.74) is 4.71. The van der Waals surface area contributed by atoms with Gasteiger partial charge in [0.2, 0.25) is 0 Å². The number of carbonyl (C=O) groups is 1. The number of hydrogen-bond donors (Lipinski definition) is 3. The molecule has 1 unspecified atom stereocenters. The topological polar surface area (TPSA) is 126 Å². The van der Waals surface area contributed by atoms with Gasteiger partial charge in [0.05, 0.1) is 36.2 Å². The Bertz CT molecular complexity index is 1590. The molecule has 3 aromatic heterocycles. The molecule has 10 heteroatoms. The third-order valence-corrected chi connectivity index (χ3v) is 6.40. The number of aliphatic carboxylic acids is 1. The zero-order valence-electron chi connectivity index (χ0n) is 20.1. The lowest BCUT2D eigenvalue weighted by atomic mass is 10.0. The quantitative estimate of drug-likeness (QED) is 0.246. The van der Waals surface area contributed by atoms with E-state index in [2.05, 4.69) is 25.4 Å². The minimum atomic E-state index is -0.936. The number of ether oxygens (including phenoxy) is 1. The van der Waals surface area contributed by atoms with E-state index < -0.39 is 12.0 Å². The highest BCUT2D eigenvalue weighted by Gasteiger charge is 2.23. The number of halogens is 1. The van der Waals surface area contributed by atoms with Crippen molar-refractivity contribution in [3.05, 3.63) is 64.3 Å². The first kappa shape index (κ1) is 23.6. The summed E-state index contributed by atoms with van der Waals surface area (Å²) in [7, 11) is 1.61. The predicted octanol–water partition coefficient (Wildman–Crippen LogP) is 5.98. The molecule has 0 bridgehead atoms. The molecule has 184 valence electrons. The number of hydrogen-bond acceptors (Lipinski definition) is 7. The van der Waals surface area contributed by atoms with Crippen LogP contribution in [0.15, 0.2) is 40.9 Å². The molecule has 5 aromatic rings. The van der Waals surface area contributed by atoms with Crippen molar-refractivity contribution in [2.75, 3.05) is 12.4 Å². The van der Waals surface area contributed by atoms with Crippen LogP contribution in [0.3, 0.4) is 0 Å². The monoisotopic (exact) mass is 505 g/mol. The van der Waals surface area contributed by atoms with E-state index >= 15 is 0 Å². The maximum atomic E-state index is 11.7. The summed E-state index contributed by atoms with van der Waals surface area (Å²) in [4.78, 5) is 24.3. The average molecular weight is 506 g/mol. The molecule has 0 spiro atoms. The molecule has 0 aliphatic rings. The Hall–Kier alpha value is -4.11. The third kappa shape index (κ3) is 4.22. The second-order valence-corrected chi connectivity index (χ2v) is 9.05. The van der Waals surface area contributed by atoms with Crippen LogP contribution in [-0.2, 0) is 4.79 Å². The van der Waals surface area contributed by atoms with Crippen molar-refractivity contribution in [2.24, 2.45) is 0 Å². The molecule has 36 heavy (non-hydrogen) atoms. The molecule has 3 N–H and O–H groups in total. The van der Waals surface area contributed by atoms with Crippen LogP contribution in [0.2, 0.25) is 5.02 Å². The number of nitrogens with one attached hydrogen (secondary N) is 2. The summed E-state index contributed by atoms with van der Waals surface area (Å²) in [5, 5.41) is 19.2. The van der Waals surface area contributed by atoms with Gasteiger partial charge in [-0.05, 0) is 50.6 Å². The smallest absolute Gasteiger partial charge is 0.305 e. The highest BCUT2D eigenvalue weighted by atomic mass is 35.5. The third-order valence-electron chi connectivity index (χ3n) is 6.15. The fourth-order valence-corrected chi connectivity index (χ4v) is 4.68. The number of methoxy groups -OCH3 is 1. The van der Waals surface area contributed by atoms with Crippen LogP contribution in [0.4, 0.5) is 5.82 Å². The van der Waals surface area contributed by atoms with Gasteiger partial charge in [0.15, 0.2) is 0 Å². The van der Waals surface area contributed by atoms with E-state index in [1.165, 1.54) is 0 Å². The molecule has 2 aromatic carbocycles. The van der Waals surface area contributed by atoms with Crippen LogP contribution < -0.4 is 10.1 Å². The number of anilines is 1. The van der Waals surface area contributed by atoms with E-state index in [-0.39, 0.29) is 6.42 Å². The molecule has 0 fully saturated rings. The molecule has 5 rings (SSSR count). The summed E-state index contributed by atoms with van der Waals surface area (Å²) >= 11 is 6.05. The summed E-state index contributed by atoms with van der Waals surface area (Å²) in [6.45, 7) is 5.54. The molecule has 0 saturated carbocycles. The Morgan fingerprint density at radius 1 is 1.19 bits per heavy atom. The van der Waals surface area contributed by atoms with Crippen LogP contribution in [0.1, 0.15) is 35.3 Å². The maximum absolute atomic E-state index is 11.7. The lowest BCUT2D eigenvalue weighted by molar-refractivity contribution is -0.137. The standard InChI is InChI=1S/C26H24ClN5O4/c1-12-23(13(2)36-32-12)18-9-20-17(10-21(18)35-4)24-25(28-14(3)29-26(24)31-20)30-19(11-22(33)34)15-5-7-16(27)8-6-15/h5-10,19H,11H2,1-4H3,(H,33,34)(H2,28,29,30,31). The summed E-state index contributed by atoms with van der Waals surface area (Å²) in [6, 6.07) is 10.5. The number of benzene rings is 2. The second kappa shape index (κ2) is 9.16. The van der Waals surface area contributed by atoms with Crippen molar-refractivity contribution in [2.45, 2.75) is 33.2 Å². The van der Waals surface area contributed by atoms with Crippen LogP contribution in [0.25, 0.3) is 33.1 Å². The number of H-pyrrole nitrogens is 1. The molecule has 0 amide bonds. The van der Waals surface area contributed by atoms with Gasteiger partial charge in [0.25, 0.3) is 0 Å². The molecule has 0 aliphatic carbocycles. The largest absolute Gasteiger partial charge is 0.496 e. The van der Waals surface area contributed by atoms with E-state index in [0.717, 1.165) is 38.7 Å². The van der Waals surface area contributed by atoms with E-state index in [4.69, 9.17) is 20.9 Å². The Balaban J connectivity index is 1.69. The van der Waals surface area contributed by atoms with E-state index in [1.807, 2.05) is 38.1 Å². The summed E-state index contributed by atoms with van der Waals surface area (Å²) in [5.74, 6) is 1.47. The van der Waals surface area contributed by atoms with Crippen molar-refractivity contribution in [1.82, 2.24) is 20.1 Å². The molecular formula is C26H24ClN5O4. The van der Waals surface area contributed by atoms with Gasteiger partial charge in [-0.15, -0.1) is 0 Å². The highest BCUT2D eigenvalue weighted by Crippen LogP contribution is 2.41. The Morgan fingerprint density at radius 2 is 1.94 bits per heavy atom. The van der Waals surface area contributed by atoms with Crippen molar-refractivity contribution in [3.8, 4) is 16.9 Å². The fourth-order valence-electron chi connectivity index (χ4n) is 4.56. The summed E-state index contributed by atoms with van der Waals surface area (Å²) < 4.78 is 11.1. The number of carboxylic acids is 1. The number of nitrogens with zero attached hydrogens (tertiary/aromatic N) is 3. The Labute approximate surface area is 211 Å². The highest BCUT2D eigenvalue weighted by molar-refractivity contribution is 6.30. The van der Waals surface area contributed by atoms with Gasteiger partial charge in [0, 0.05) is 21.5 Å². The summed E-state index contributed by atoms with van der Waals surface area (Å²) in [6.07, 6.45) is -0.145. The molecular weight excluding hydrogens is 482 g/mol. The second-order valence-electron chi connectivity index (χ2n) is 8.61. The molecule has 1 atom stereocenters. The van der Waals surface area contributed by atoms with Crippen LogP contribution in [-0.4, -0.2) is 38.3 Å². The zero-order chi connectivity index (χ0) is 25.6. The van der Waals surface area contributed by atoms with Crippen LogP contribution in [0, 0.1) is 20.8 Å². The zero-order valence-corrected chi connectivity index (χ0v) is 20.9. The lowest BCUT2D eigenvalue weighted by Gasteiger charge is -2.19.